The van der Waals surface area contributed by atoms with Crippen molar-refractivity contribution in [3.63, 3.8) is 0 Å². The summed E-state index contributed by atoms with van der Waals surface area (Å²) in [6.45, 7) is 1.71. The highest BCUT2D eigenvalue weighted by atomic mass is 16.6. The summed E-state index contributed by atoms with van der Waals surface area (Å²) in [6, 6.07) is 7.01. The van der Waals surface area contributed by atoms with Crippen LogP contribution in [0.5, 0.6) is 0 Å². The van der Waals surface area contributed by atoms with E-state index in [0.717, 1.165) is 31.7 Å². The summed E-state index contributed by atoms with van der Waals surface area (Å²) >= 11 is 0. The molecule has 9 heteroatoms. The van der Waals surface area contributed by atoms with Gasteiger partial charge in [-0.25, -0.2) is 4.98 Å². The number of hydrogen-bond acceptors (Lipinski definition) is 8. The zero-order valence-corrected chi connectivity index (χ0v) is 14.3. The van der Waals surface area contributed by atoms with E-state index >= 15 is 0 Å². The van der Waals surface area contributed by atoms with Gasteiger partial charge in [0.2, 0.25) is 0 Å². The molecule has 0 atom stereocenters. The van der Waals surface area contributed by atoms with Gasteiger partial charge in [-0.2, -0.15) is 5.10 Å². The second-order valence-corrected chi connectivity index (χ2v) is 6.21. The summed E-state index contributed by atoms with van der Waals surface area (Å²) in [6.07, 6.45) is 3.46. The fourth-order valence-electron chi connectivity index (χ4n) is 2.83. The van der Waals surface area contributed by atoms with Gasteiger partial charge in [0.25, 0.3) is 5.69 Å². The predicted octanol–water partition coefficient (Wildman–Crippen LogP) is 1.93. The zero-order chi connectivity index (χ0) is 17.8. The molecule has 2 aromatic rings. The van der Waals surface area contributed by atoms with Crippen LogP contribution in [0.2, 0.25) is 0 Å². The third kappa shape index (κ3) is 4.11. The van der Waals surface area contributed by atoms with Crippen LogP contribution in [-0.2, 0) is 0 Å². The van der Waals surface area contributed by atoms with Crippen LogP contribution in [0.1, 0.15) is 12.8 Å². The van der Waals surface area contributed by atoms with E-state index in [1.807, 2.05) is 26.2 Å². The van der Waals surface area contributed by atoms with Crippen LogP contribution in [0.3, 0.4) is 0 Å². The maximum absolute atomic E-state index is 11.1. The maximum Gasteiger partial charge on any atom is 0.276 e. The van der Waals surface area contributed by atoms with Crippen molar-refractivity contribution in [2.75, 3.05) is 42.3 Å². The van der Waals surface area contributed by atoms with Crippen molar-refractivity contribution in [3.8, 4) is 0 Å². The lowest BCUT2D eigenvalue weighted by Gasteiger charge is -2.33. The van der Waals surface area contributed by atoms with Crippen molar-refractivity contribution in [1.29, 1.82) is 0 Å². The topological polar surface area (TPSA) is 100 Å². The SMILES string of the molecule is CN(C)c1cc([N+](=O)[O-])cc(NC2CCN(c3cccnn3)CC2)n1. The van der Waals surface area contributed by atoms with E-state index in [2.05, 4.69) is 25.4 Å². The summed E-state index contributed by atoms with van der Waals surface area (Å²) in [5.41, 5.74) is 0.0400. The molecule has 0 bridgehead atoms. The van der Waals surface area contributed by atoms with Gasteiger partial charge >= 0.3 is 0 Å². The quantitative estimate of drug-likeness (QED) is 0.649. The number of nitrogens with one attached hydrogen (secondary N) is 1. The van der Waals surface area contributed by atoms with Crippen molar-refractivity contribution < 1.29 is 4.92 Å². The van der Waals surface area contributed by atoms with Gasteiger partial charge in [0.1, 0.15) is 11.6 Å². The van der Waals surface area contributed by atoms with Crippen LogP contribution in [-0.4, -0.2) is 53.3 Å². The molecule has 0 radical (unpaired) electrons. The lowest BCUT2D eigenvalue weighted by atomic mass is 10.1. The monoisotopic (exact) mass is 343 g/mol. The maximum atomic E-state index is 11.1. The van der Waals surface area contributed by atoms with Crippen LogP contribution in [0, 0.1) is 10.1 Å². The number of rotatable bonds is 5. The summed E-state index contributed by atoms with van der Waals surface area (Å²) in [7, 11) is 3.63. The third-order valence-electron chi connectivity index (χ3n) is 4.19. The van der Waals surface area contributed by atoms with Gasteiger partial charge in [-0.1, -0.05) is 0 Å². The molecule has 1 aliphatic heterocycles. The van der Waals surface area contributed by atoms with Crippen LogP contribution in [0.4, 0.5) is 23.1 Å². The molecule has 0 amide bonds. The molecule has 1 aliphatic rings. The zero-order valence-electron chi connectivity index (χ0n) is 14.3. The minimum atomic E-state index is -0.392. The molecule has 0 aromatic carbocycles. The van der Waals surface area contributed by atoms with Crippen LogP contribution in [0.25, 0.3) is 0 Å². The average molecular weight is 343 g/mol. The Morgan fingerprint density at radius 3 is 2.68 bits per heavy atom. The minimum absolute atomic E-state index is 0.0400. The van der Waals surface area contributed by atoms with E-state index < -0.39 is 4.92 Å². The van der Waals surface area contributed by atoms with Gasteiger partial charge < -0.3 is 15.1 Å². The number of pyridine rings is 1. The van der Waals surface area contributed by atoms with Crippen LogP contribution in [0.15, 0.2) is 30.5 Å². The van der Waals surface area contributed by atoms with Gasteiger partial charge in [0.05, 0.1) is 17.1 Å². The van der Waals surface area contributed by atoms with Gasteiger partial charge in [0, 0.05) is 39.4 Å². The molecule has 1 saturated heterocycles. The normalized spacial score (nSPS) is 15.0. The summed E-state index contributed by atoms with van der Waals surface area (Å²) in [4.78, 5) is 19.2. The van der Waals surface area contributed by atoms with E-state index in [1.54, 1.807) is 11.1 Å². The molecule has 3 rings (SSSR count). The number of aromatic nitrogens is 3. The first-order valence-electron chi connectivity index (χ1n) is 8.16. The fraction of sp³-hybridized carbons (Fsp3) is 0.438. The Hall–Kier alpha value is -2.97. The molecular formula is C16H21N7O2. The molecule has 2 aromatic heterocycles. The van der Waals surface area contributed by atoms with Gasteiger partial charge in [-0.3, -0.25) is 10.1 Å². The molecule has 132 valence electrons. The van der Waals surface area contributed by atoms with E-state index in [4.69, 9.17) is 0 Å². The second kappa shape index (κ2) is 7.29. The standard InChI is InChI=1S/C16H21N7O2/c1-21(2)16-11-13(23(24)25)10-14(19-16)18-12-5-8-22(9-6-12)15-4-3-7-17-20-15/h3-4,7,10-12H,5-6,8-9H2,1-2H3,(H,18,19). The highest BCUT2D eigenvalue weighted by molar-refractivity contribution is 5.55. The molecule has 1 N–H and O–H groups in total. The van der Waals surface area contributed by atoms with Crippen molar-refractivity contribution >= 4 is 23.1 Å². The molecule has 3 heterocycles. The average Bonchev–Trinajstić information content (AvgIpc) is 2.62. The second-order valence-electron chi connectivity index (χ2n) is 6.21. The summed E-state index contributed by atoms with van der Waals surface area (Å²) in [5, 5.41) is 22.5. The van der Waals surface area contributed by atoms with Crippen molar-refractivity contribution in [2.45, 2.75) is 18.9 Å². The van der Waals surface area contributed by atoms with E-state index in [0.29, 0.717) is 11.6 Å². The summed E-state index contributed by atoms with van der Waals surface area (Å²) in [5.74, 6) is 1.98. The van der Waals surface area contributed by atoms with Crippen LogP contribution < -0.4 is 15.1 Å². The smallest absolute Gasteiger partial charge is 0.276 e. The molecular weight excluding hydrogens is 322 g/mol. The van der Waals surface area contributed by atoms with Gasteiger partial charge in [-0.05, 0) is 25.0 Å². The molecule has 0 saturated carbocycles. The molecule has 0 aliphatic carbocycles. The van der Waals surface area contributed by atoms with Crippen molar-refractivity contribution in [1.82, 2.24) is 15.2 Å². The lowest BCUT2D eigenvalue weighted by molar-refractivity contribution is -0.384. The molecule has 1 fully saturated rings. The highest BCUT2D eigenvalue weighted by Gasteiger charge is 2.21. The van der Waals surface area contributed by atoms with E-state index in [9.17, 15) is 10.1 Å². The Labute approximate surface area is 145 Å². The van der Waals surface area contributed by atoms with Crippen LogP contribution >= 0.6 is 0 Å². The molecule has 9 nitrogen and oxygen atoms in total. The minimum Gasteiger partial charge on any atom is -0.367 e. The highest BCUT2D eigenvalue weighted by Crippen LogP contribution is 2.25. The number of nitrogens with zero attached hydrogens (tertiary/aromatic N) is 6. The third-order valence-corrected chi connectivity index (χ3v) is 4.19. The Bertz CT molecular complexity index is 731. The number of piperidine rings is 1. The molecule has 0 spiro atoms. The Morgan fingerprint density at radius 2 is 2.08 bits per heavy atom. The first-order valence-corrected chi connectivity index (χ1v) is 8.16. The first-order chi connectivity index (χ1) is 12.0. The summed E-state index contributed by atoms with van der Waals surface area (Å²) < 4.78 is 0. The van der Waals surface area contributed by atoms with Crippen molar-refractivity contribution in [3.05, 3.63) is 40.6 Å². The van der Waals surface area contributed by atoms with Crippen molar-refractivity contribution in [2.24, 2.45) is 0 Å². The largest absolute Gasteiger partial charge is 0.367 e. The molecule has 25 heavy (non-hydrogen) atoms. The Morgan fingerprint density at radius 1 is 1.32 bits per heavy atom. The fourth-order valence-corrected chi connectivity index (χ4v) is 2.83. The number of hydrogen-bond donors (Lipinski definition) is 1. The van der Waals surface area contributed by atoms with Gasteiger partial charge in [-0.15, -0.1) is 5.10 Å². The van der Waals surface area contributed by atoms with E-state index in [-0.39, 0.29) is 11.7 Å². The predicted molar refractivity (Wildman–Crippen MR) is 96.1 cm³/mol. The Balaban J connectivity index is 1.66. The number of nitro groups is 1. The first kappa shape index (κ1) is 16.9. The Kier molecular flexibility index (Phi) is 4.92. The number of anilines is 3. The van der Waals surface area contributed by atoms with Gasteiger partial charge in [0.15, 0.2) is 5.82 Å². The van der Waals surface area contributed by atoms with E-state index in [1.165, 1.54) is 12.1 Å². The molecule has 0 unspecified atom stereocenters. The lowest BCUT2D eigenvalue weighted by Crippen LogP contribution is -2.39.